The fourth-order valence-electron chi connectivity index (χ4n) is 3.46. The van der Waals surface area contributed by atoms with Crippen molar-refractivity contribution in [2.45, 2.75) is 25.7 Å². The molecule has 0 bridgehead atoms. The van der Waals surface area contributed by atoms with Crippen LogP contribution in [0, 0.1) is 0 Å². The maximum atomic E-state index is 12.1. The molecule has 0 saturated carbocycles. The van der Waals surface area contributed by atoms with Gasteiger partial charge in [-0.3, -0.25) is 4.79 Å². The molecule has 1 aliphatic heterocycles. The number of ether oxygens (including phenoxy) is 2. The number of hydrogen-bond donors (Lipinski definition) is 1. The van der Waals surface area contributed by atoms with E-state index in [9.17, 15) is 4.79 Å². The third kappa shape index (κ3) is 4.67. The quantitative estimate of drug-likeness (QED) is 0.493. The number of hydrazone groups is 1. The molecule has 1 saturated heterocycles. The van der Waals surface area contributed by atoms with Crippen molar-refractivity contribution in [1.82, 2.24) is 9.99 Å². The van der Waals surface area contributed by atoms with Crippen LogP contribution in [0.4, 0.5) is 0 Å². The zero-order valence-electron chi connectivity index (χ0n) is 16.1. The zero-order chi connectivity index (χ0) is 20.3. The summed E-state index contributed by atoms with van der Waals surface area (Å²) in [6.45, 7) is 3.47. The molecule has 0 unspecified atom stereocenters. The SMILES string of the molecule is CC1(CC(=O)NN=Cc2cn(Cc3ccc(Cl)cc3)c3ccccc23)OCCO1. The second-order valence-electron chi connectivity index (χ2n) is 7.16. The van der Waals surface area contributed by atoms with Crippen molar-refractivity contribution in [3.8, 4) is 0 Å². The summed E-state index contributed by atoms with van der Waals surface area (Å²) in [5.41, 5.74) is 5.73. The van der Waals surface area contributed by atoms with Crippen LogP contribution >= 0.6 is 11.6 Å². The third-order valence-corrected chi connectivity index (χ3v) is 5.11. The molecule has 0 aliphatic carbocycles. The van der Waals surface area contributed by atoms with E-state index in [1.165, 1.54) is 0 Å². The second kappa shape index (κ2) is 8.37. The smallest absolute Gasteiger partial charge is 0.245 e. The molecule has 4 rings (SSSR count). The molecule has 0 radical (unpaired) electrons. The lowest BCUT2D eigenvalue weighted by molar-refractivity contribution is -0.159. The minimum atomic E-state index is -0.867. The summed E-state index contributed by atoms with van der Waals surface area (Å²) in [5, 5.41) is 5.91. The van der Waals surface area contributed by atoms with Gasteiger partial charge in [0.1, 0.15) is 0 Å². The molecule has 0 spiro atoms. The largest absolute Gasteiger partial charge is 0.347 e. The van der Waals surface area contributed by atoms with Gasteiger partial charge in [-0.15, -0.1) is 0 Å². The van der Waals surface area contributed by atoms with E-state index in [1.807, 2.05) is 48.7 Å². The predicted molar refractivity (Wildman–Crippen MR) is 113 cm³/mol. The maximum absolute atomic E-state index is 12.1. The molecular formula is C22H22ClN3O3. The molecule has 29 heavy (non-hydrogen) atoms. The minimum absolute atomic E-state index is 0.0999. The standard InChI is InChI=1S/C22H22ClN3O3/c1-22(28-10-11-29-22)12-21(27)25-24-13-17-15-26(20-5-3-2-4-19(17)20)14-16-6-8-18(23)9-7-16/h2-9,13,15H,10-12,14H2,1H3,(H,25,27). The number of nitrogens with zero attached hydrogens (tertiary/aromatic N) is 2. The molecule has 2 heterocycles. The Bertz CT molecular complexity index is 1040. The molecule has 6 nitrogen and oxygen atoms in total. The molecule has 150 valence electrons. The van der Waals surface area contributed by atoms with Gasteiger partial charge >= 0.3 is 0 Å². The molecule has 1 N–H and O–H groups in total. The average molecular weight is 412 g/mol. The number of fused-ring (bicyclic) bond motifs is 1. The average Bonchev–Trinajstić information content (AvgIpc) is 3.28. The van der Waals surface area contributed by atoms with Crippen LogP contribution in [0.15, 0.2) is 59.8 Å². The zero-order valence-corrected chi connectivity index (χ0v) is 16.9. The number of carbonyl (C=O) groups is 1. The van der Waals surface area contributed by atoms with Crippen LogP contribution < -0.4 is 5.43 Å². The summed E-state index contributed by atoms with van der Waals surface area (Å²) in [7, 11) is 0. The monoisotopic (exact) mass is 411 g/mol. The van der Waals surface area contributed by atoms with Gasteiger partial charge in [0, 0.05) is 34.2 Å². The summed E-state index contributed by atoms with van der Waals surface area (Å²) < 4.78 is 13.1. The first-order valence-electron chi connectivity index (χ1n) is 9.45. The molecule has 1 aliphatic rings. The normalized spacial score (nSPS) is 15.9. The number of para-hydroxylation sites is 1. The van der Waals surface area contributed by atoms with Crippen LogP contribution in [-0.4, -0.2) is 35.7 Å². The van der Waals surface area contributed by atoms with Crippen molar-refractivity contribution < 1.29 is 14.3 Å². The Hall–Kier alpha value is -2.67. The van der Waals surface area contributed by atoms with Gasteiger partial charge in [-0.1, -0.05) is 41.9 Å². The number of amides is 1. The van der Waals surface area contributed by atoms with E-state index in [-0.39, 0.29) is 12.3 Å². The first kappa shape index (κ1) is 19.6. The van der Waals surface area contributed by atoms with Crippen molar-refractivity contribution in [2.75, 3.05) is 13.2 Å². The topological polar surface area (TPSA) is 64.9 Å². The summed E-state index contributed by atoms with van der Waals surface area (Å²) >= 11 is 5.98. The fraction of sp³-hybridized carbons (Fsp3) is 0.273. The number of hydrogen-bond acceptors (Lipinski definition) is 4. The highest BCUT2D eigenvalue weighted by atomic mass is 35.5. The molecule has 0 atom stereocenters. The van der Waals surface area contributed by atoms with Crippen molar-refractivity contribution in [3.05, 3.63) is 70.9 Å². The van der Waals surface area contributed by atoms with Gasteiger partial charge < -0.3 is 14.0 Å². The van der Waals surface area contributed by atoms with Gasteiger partial charge in [0.15, 0.2) is 5.79 Å². The molecular weight excluding hydrogens is 390 g/mol. The minimum Gasteiger partial charge on any atom is -0.347 e. The van der Waals surface area contributed by atoms with Gasteiger partial charge in [-0.05, 0) is 30.7 Å². The Morgan fingerprint density at radius 1 is 1.21 bits per heavy atom. The molecule has 1 fully saturated rings. The van der Waals surface area contributed by atoms with E-state index in [2.05, 4.69) is 21.2 Å². The lowest BCUT2D eigenvalue weighted by Gasteiger charge is -2.20. The number of aromatic nitrogens is 1. The van der Waals surface area contributed by atoms with Gasteiger partial charge in [0.05, 0.1) is 25.8 Å². The van der Waals surface area contributed by atoms with E-state index >= 15 is 0 Å². The van der Waals surface area contributed by atoms with Crippen molar-refractivity contribution in [1.29, 1.82) is 0 Å². The van der Waals surface area contributed by atoms with Crippen LogP contribution in [0.25, 0.3) is 10.9 Å². The molecule has 7 heteroatoms. The van der Waals surface area contributed by atoms with Gasteiger partial charge in [0.25, 0.3) is 0 Å². The lowest BCUT2D eigenvalue weighted by atomic mass is 10.2. The number of halogens is 1. The summed E-state index contributed by atoms with van der Waals surface area (Å²) in [5.74, 6) is -1.12. The Balaban J connectivity index is 1.49. The second-order valence-corrected chi connectivity index (χ2v) is 7.59. The molecule has 1 aromatic heterocycles. The van der Waals surface area contributed by atoms with E-state index in [1.54, 1.807) is 13.1 Å². The van der Waals surface area contributed by atoms with Crippen molar-refractivity contribution in [2.24, 2.45) is 5.10 Å². The highest BCUT2D eigenvalue weighted by molar-refractivity contribution is 6.30. The third-order valence-electron chi connectivity index (χ3n) is 4.86. The lowest BCUT2D eigenvalue weighted by Crippen LogP contribution is -2.33. The summed E-state index contributed by atoms with van der Waals surface area (Å²) in [6.07, 6.45) is 3.79. The number of benzene rings is 2. The van der Waals surface area contributed by atoms with Crippen molar-refractivity contribution in [3.63, 3.8) is 0 Å². The first-order chi connectivity index (χ1) is 14.0. The van der Waals surface area contributed by atoms with Crippen molar-refractivity contribution >= 4 is 34.6 Å². The van der Waals surface area contributed by atoms with Crippen LogP contribution in [0.2, 0.25) is 5.02 Å². The van der Waals surface area contributed by atoms with E-state index in [0.29, 0.717) is 19.8 Å². The highest BCUT2D eigenvalue weighted by Gasteiger charge is 2.33. The maximum Gasteiger partial charge on any atom is 0.245 e. The number of nitrogens with one attached hydrogen (secondary N) is 1. The Kier molecular flexibility index (Phi) is 5.67. The highest BCUT2D eigenvalue weighted by Crippen LogP contribution is 2.23. The van der Waals surface area contributed by atoms with E-state index < -0.39 is 5.79 Å². The number of rotatable bonds is 6. The first-order valence-corrected chi connectivity index (χ1v) is 9.82. The van der Waals surface area contributed by atoms with Crippen LogP contribution in [0.1, 0.15) is 24.5 Å². The predicted octanol–water partition coefficient (Wildman–Crippen LogP) is 3.95. The van der Waals surface area contributed by atoms with Gasteiger partial charge in [-0.25, -0.2) is 5.43 Å². The molecule has 1 amide bonds. The van der Waals surface area contributed by atoms with Crippen LogP contribution in [-0.2, 0) is 20.8 Å². The van der Waals surface area contributed by atoms with Crippen LogP contribution in [0.5, 0.6) is 0 Å². The fourth-order valence-corrected chi connectivity index (χ4v) is 3.59. The summed E-state index contributed by atoms with van der Waals surface area (Å²) in [4.78, 5) is 12.1. The summed E-state index contributed by atoms with van der Waals surface area (Å²) in [6, 6.07) is 15.9. The van der Waals surface area contributed by atoms with E-state index in [0.717, 1.165) is 27.1 Å². The number of carbonyl (C=O) groups excluding carboxylic acids is 1. The van der Waals surface area contributed by atoms with E-state index in [4.69, 9.17) is 21.1 Å². The molecule has 2 aromatic carbocycles. The van der Waals surface area contributed by atoms with Gasteiger partial charge in [-0.2, -0.15) is 5.10 Å². The Morgan fingerprint density at radius 2 is 1.93 bits per heavy atom. The van der Waals surface area contributed by atoms with Gasteiger partial charge in [0.2, 0.25) is 5.91 Å². The van der Waals surface area contributed by atoms with Crippen LogP contribution in [0.3, 0.4) is 0 Å². The Morgan fingerprint density at radius 3 is 2.69 bits per heavy atom. The molecule has 3 aromatic rings. The Labute approximate surface area is 174 Å².